The van der Waals surface area contributed by atoms with E-state index in [9.17, 15) is 22.4 Å². The molecule has 0 heterocycles. The second-order valence-corrected chi connectivity index (χ2v) is 3.22. The summed E-state index contributed by atoms with van der Waals surface area (Å²) >= 11 is 0. The number of hydrogen-bond donors (Lipinski definition) is 0. The van der Waals surface area contributed by atoms with Crippen LogP contribution in [0.25, 0.3) is 0 Å². The summed E-state index contributed by atoms with van der Waals surface area (Å²) in [4.78, 5) is 11.2. The van der Waals surface area contributed by atoms with E-state index in [4.69, 9.17) is 5.26 Å². The predicted molar refractivity (Wildman–Crippen MR) is 54.1 cm³/mol. The van der Waals surface area contributed by atoms with Gasteiger partial charge in [0.2, 0.25) is 0 Å². The van der Waals surface area contributed by atoms with E-state index >= 15 is 0 Å². The van der Waals surface area contributed by atoms with E-state index in [1.165, 1.54) is 6.07 Å². The maximum Gasteiger partial charge on any atom is 0.387 e. The predicted octanol–water partition coefficient (Wildman–Crippen LogP) is 2.88. The molecule has 0 unspecified atom stereocenters. The molecular formula is C11H7F4NO3. The zero-order valence-corrected chi connectivity index (χ0v) is 9.49. The number of carbonyl (C=O) groups is 1. The third kappa shape index (κ3) is 3.34. The van der Waals surface area contributed by atoms with Crippen LogP contribution in [0.1, 0.15) is 27.9 Å². The highest BCUT2D eigenvalue weighted by Crippen LogP contribution is 2.32. The van der Waals surface area contributed by atoms with E-state index in [1.54, 1.807) is 0 Å². The Bertz CT molecular complexity index is 525. The molecule has 102 valence electrons. The van der Waals surface area contributed by atoms with Crippen LogP contribution in [-0.4, -0.2) is 19.7 Å². The Morgan fingerprint density at radius 3 is 2.37 bits per heavy atom. The van der Waals surface area contributed by atoms with Crippen molar-refractivity contribution in [2.24, 2.45) is 0 Å². The number of carbonyl (C=O) groups excluding carboxylic acids is 1. The summed E-state index contributed by atoms with van der Waals surface area (Å²) < 4.78 is 58.0. The topological polar surface area (TPSA) is 59.3 Å². The summed E-state index contributed by atoms with van der Waals surface area (Å²) in [5.41, 5.74) is -2.03. The van der Waals surface area contributed by atoms with Crippen LogP contribution in [0.3, 0.4) is 0 Å². The molecule has 0 saturated carbocycles. The first-order valence-corrected chi connectivity index (χ1v) is 4.80. The standard InChI is InChI=1S/C11H7F4NO3/c1-18-10(17)5-2-6(9(12)13)7(4-16)8(3-5)19-11(14)15/h2-3,9,11H,1H3. The molecule has 4 nitrogen and oxygen atoms in total. The SMILES string of the molecule is COC(=O)c1cc(OC(F)F)c(C#N)c(C(F)F)c1. The Labute approximate surface area is 105 Å². The van der Waals surface area contributed by atoms with Gasteiger partial charge in [-0.1, -0.05) is 0 Å². The van der Waals surface area contributed by atoms with Crippen LogP contribution in [0.15, 0.2) is 12.1 Å². The van der Waals surface area contributed by atoms with Gasteiger partial charge in [-0.25, -0.2) is 13.6 Å². The van der Waals surface area contributed by atoms with Crippen molar-refractivity contribution in [2.75, 3.05) is 7.11 Å². The molecular weight excluding hydrogens is 270 g/mol. The van der Waals surface area contributed by atoms with Gasteiger partial charge in [0.15, 0.2) is 0 Å². The van der Waals surface area contributed by atoms with Gasteiger partial charge in [0, 0.05) is 5.56 Å². The van der Waals surface area contributed by atoms with Crippen LogP contribution in [0.5, 0.6) is 5.75 Å². The number of hydrogen-bond acceptors (Lipinski definition) is 4. The van der Waals surface area contributed by atoms with Crippen molar-refractivity contribution in [2.45, 2.75) is 13.0 Å². The Balaban J connectivity index is 3.46. The average Bonchev–Trinajstić information content (AvgIpc) is 2.35. The molecule has 0 N–H and O–H groups in total. The van der Waals surface area contributed by atoms with E-state index < -0.39 is 41.4 Å². The fraction of sp³-hybridized carbons (Fsp3) is 0.273. The minimum Gasteiger partial charge on any atom is -0.465 e. The molecule has 0 atom stereocenters. The molecule has 1 rings (SSSR count). The number of alkyl halides is 4. The van der Waals surface area contributed by atoms with Crippen molar-refractivity contribution >= 4 is 5.97 Å². The number of rotatable bonds is 4. The lowest BCUT2D eigenvalue weighted by molar-refractivity contribution is -0.0503. The highest BCUT2D eigenvalue weighted by molar-refractivity contribution is 5.90. The van der Waals surface area contributed by atoms with Crippen LogP contribution in [-0.2, 0) is 4.74 Å². The van der Waals surface area contributed by atoms with Crippen molar-refractivity contribution in [3.8, 4) is 11.8 Å². The molecule has 0 aliphatic carbocycles. The number of methoxy groups -OCH3 is 1. The molecule has 0 aromatic heterocycles. The molecule has 0 saturated heterocycles. The summed E-state index contributed by atoms with van der Waals surface area (Å²) in [7, 11) is 0.996. The van der Waals surface area contributed by atoms with Gasteiger partial charge >= 0.3 is 12.6 Å². The highest BCUT2D eigenvalue weighted by atomic mass is 19.3. The van der Waals surface area contributed by atoms with Crippen molar-refractivity contribution in [3.05, 3.63) is 28.8 Å². The van der Waals surface area contributed by atoms with Crippen molar-refractivity contribution in [1.82, 2.24) is 0 Å². The first-order chi connectivity index (χ1) is 8.90. The molecule has 0 spiro atoms. The summed E-state index contributed by atoms with van der Waals surface area (Å²) in [6.45, 7) is -3.31. The van der Waals surface area contributed by atoms with Gasteiger partial charge < -0.3 is 9.47 Å². The second kappa shape index (κ2) is 6.04. The Kier molecular flexibility index (Phi) is 4.69. The van der Waals surface area contributed by atoms with Gasteiger partial charge in [0.25, 0.3) is 6.43 Å². The number of benzene rings is 1. The van der Waals surface area contributed by atoms with Crippen molar-refractivity contribution in [1.29, 1.82) is 5.26 Å². The molecule has 0 aliphatic rings. The van der Waals surface area contributed by atoms with Crippen molar-refractivity contribution in [3.63, 3.8) is 0 Å². The highest BCUT2D eigenvalue weighted by Gasteiger charge is 2.23. The van der Waals surface area contributed by atoms with Crippen LogP contribution in [0, 0.1) is 11.3 Å². The van der Waals surface area contributed by atoms with Crippen LogP contribution < -0.4 is 4.74 Å². The maximum atomic E-state index is 12.7. The monoisotopic (exact) mass is 277 g/mol. The molecule has 0 fully saturated rings. The zero-order chi connectivity index (χ0) is 14.6. The third-order valence-corrected chi connectivity index (χ3v) is 2.12. The van der Waals surface area contributed by atoms with Gasteiger partial charge in [-0.15, -0.1) is 0 Å². The Hall–Kier alpha value is -2.30. The lowest BCUT2D eigenvalue weighted by Gasteiger charge is -2.12. The van der Waals surface area contributed by atoms with E-state index in [0.29, 0.717) is 6.07 Å². The fourth-order valence-corrected chi connectivity index (χ4v) is 1.35. The second-order valence-electron chi connectivity index (χ2n) is 3.22. The molecule has 0 aliphatic heterocycles. The molecule has 1 aromatic carbocycles. The third-order valence-electron chi connectivity index (χ3n) is 2.12. The van der Waals surface area contributed by atoms with E-state index in [1.807, 2.05) is 0 Å². The fourth-order valence-electron chi connectivity index (χ4n) is 1.35. The maximum absolute atomic E-state index is 12.7. The molecule has 0 radical (unpaired) electrons. The van der Waals surface area contributed by atoms with Crippen molar-refractivity contribution < 1.29 is 31.8 Å². The molecule has 8 heteroatoms. The zero-order valence-electron chi connectivity index (χ0n) is 9.49. The van der Waals surface area contributed by atoms with Gasteiger partial charge in [-0.2, -0.15) is 14.0 Å². The van der Waals surface area contributed by atoms with E-state index in [-0.39, 0.29) is 0 Å². The lowest BCUT2D eigenvalue weighted by Crippen LogP contribution is -2.09. The number of ether oxygens (including phenoxy) is 2. The molecule has 19 heavy (non-hydrogen) atoms. The summed E-state index contributed by atoms with van der Waals surface area (Å²) in [6.07, 6.45) is -3.13. The van der Waals surface area contributed by atoms with Gasteiger partial charge in [-0.3, -0.25) is 0 Å². The minimum atomic E-state index is -3.31. The number of esters is 1. The molecule has 0 amide bonds. The number of nitriles is 1. The summed E-state index contributed by atoms with van der Waals surface area (Å²) in [5, 5.41) is 8.72. The van der Waals surface area contributed by atoms with Gasteiger partial charge in [-0.05, 0) is 12.1 Å². The van der Waals surface area contributed by atoms with Crippen LogP contribution in [0.4, 0.5) is 17.6 Å². The number of nitrogens with zero attached hydrogens (tertiary/aromatic N) is 1. The van der Waals surface area contributed by atoms with Crippen LogP contribution in [0.2, 0.25) is 0 Å². The molecule has 0 bridgehead atoms. The smallest absolute Gasteiger partial charge is 0.387 e. The van der Waals surface area contributed by atoms with E-state index in [0.717, 1.165) is 13.2 Å². The Morgan fingerprint density at radius 2 is 1.95 bits per heavy atom. The largest absolute Gasteiger partial charge is 0.465 e. The lowest BCUT2D eigenvalue weighted by atomic mass is 10.0. The first kappa shape index (κ1) is 14.8. The quantitative estimate of drug-likeness (QED) is 0.627. The van der Waals surface area contributed by atoms with Gasteiger partial charge in [0.05, 0.1) is 12.7 Å². The minimum absolute atomic E-state index is 0.410. The normalized spacial score (nSPS) is 10.4. The Morgan fingerprint density at radius 1 is 1.32 bits per heavy atom. The molecule has 1 aromatic rings. The summed E-state index contributed by atoms with van der Waals surface area (Å²) in [6, 6.07) is 2.80. The van der Waals surface area contributed by atoms with Crippen LogP contribution >= 0.6 is 0 Å². The number of halogens is 4. The summed E-state index contributed by atoms with van der Waals surface area (Å²) in [5.74, 6) is -1.80. The van der Waals surface area contributed by atoms with E-state index in [2.05, 4.69) is 9.47 Å². The van der Waals surface area contributed by atoms with Gasteiger partial charge in [0.1, 0.15) is 17.4 Å². The first-order valence-electron chi connectivity index (χ1n) is 4.80. The average molecular weight is 277 g/mol.